The summed E-state index contributed by atoms with van der Waals surface area (Å²) < 4.78 is 7.68. The monoisotopic (exact) mass is 377 g/mol. The van der Waals surface area contributed by atoms with Gasteiger partial charge in [0.25, 0.3) is 0 Å². The third-order valence-corrected chi connectivity index (χ3v) is 6.49. The largest absolute Gasteiger partial charge is 0.381 e. The summed E-state index contributed by atoms with van der Waals surface area (Å²) in [5.41, 5.74) is 4.42. The molecule has 146 valence electrons. The van der Waals surface area contributed by atoms with E-state index in [9.17, 15) is 4.79 Å². The Labute approximate surface area is 166 Å². The molecule has 4 rings (SSSR count). The quantitative estimate of drug-likeness (QED) is 0.744. The zero-order chi connectivity index (χ0) is 19.8. The highest BCUT2D eigenvalue weighted by atomic mass is 16.5. The summed E-state index contributed by atoms with van der Waals surface area (Å²) in [7, 11) is 1.79. The maximum absolute atomic E-state index is 13.2. The Kier molecular flexibility index (Phi) is 5.09. The normalized spacial score (nSPS) is 24.3. The summed E-state index contributed by atoms with van der Waals surface area (Å²) in [4.78, 5) is 15.6. The minimum atomic E-state index is 0.195. The van der Waals surface area contributed by atoms with Crippen molar-refractivity contribution in [3.05, 3.63) is 52.8 Å². The van der Waals surface area contributed by atoms with Gasteiger partial charge in [-0.05, 0) is 69.9 Å². The number of ether oxygens (including phenoxy) is 1. The molecular formula is C23H27N3O2. The van der Waals surface area contributed by atoms with Crippen LogP contribution in [0.1, 0.15) is 53.0 Å². The van der Waals surface area contributed by atoms with Crippen LogP contribution in [-0.2, 0) is 4.74 Å². The van der Waals surface area contributed by atoms with Crippen LogP contribution in [0.3, 0.4) is 0 Å². The van der Waals surface area contributed by atoms with Gasteiger partial charge >= 0.3 is 0 Å². The number of carbonyl (C=O) groups is 1. The van der Waals surface area contributed by atoms with E-state index in [4.69, 9.17) is 10.00 Å². The molecule has 0 N–H and O–H groups in total. The van der Waals surface area contributed by atoms with Gasteiger partial charge in [0.05, 0.1) is 24.3 Å². The highest BCUT2D eigenvalue weighted by Crippen LogP contribution is 2.37. The topological polar surface area (TPSA) is 58.3 Å². The van der Waals surface area contributed by atoms with E-state index in [0.29, 0.717) is 30.3 Å². The van der Waals surface area contributed by atoms with Crippen molar-refractivity contribution >= 4 is 5.78 Å². The molecule has 0 aliphatic carbocycles. The van der Waals surface area contributed by atoms with Gasteiger partial charge in [0.15, 0.2) is 5.78 Å². The SMILES string of the molecule is CO[C@H]1CC2CC[C@H](C1)N2CC(=O)c1cc(C)n(-c2ccc(C#N)cc2)c1C. The number of fused-ring (bicyclic) bond motifs is 2. The van der Waals surface area contributed by atoms with Crippen LogP contribution in [0.4, 0.5) is 0 Å². The molecule has 2 fully saturated rings. The van der Waals surface area contributed by atoms with Crippen molar-refractivity contribution in [2.45, 2.75) is 57.7 Å². The number of nitrogens with zero attached hydrogens (tertiary/aromatic N) is 3. The van der Waals surface area contributed by atoms with Gasteiger partial charge in [-0.2, -0.15) is 5.26 Å². The van der Waals surface area contributed by atoms with Crippen molar-refractivity contribution in [1.29, 1.82) is 5.26 Å². The van der Waals surface area contributed by atoms with Crippen molar-refractivity contribution in [2.24, 2.45) is 0 Å². The highest BCUT2D eigenvalue weighted by molar-refractivity contribution is 5.99. The first-order valence-corrected chi connectivity index (χ1v) is 10.0. The molecule has 5 heteroatoms. The van der Waals surface area contributed by atoms with Crippen molar-refractivity contribution in [3.8, 4) is 11.8 Å². The van der Waals surface area contributed by atoms with Crippen molar-refractivity contribution < 1.29 is 9.53 Å². The first-order chi connectivity index (χ1) is 13.5. The molecule has 2 aliphatic heterocycles. The van der Waals surface area contributed by atoms with E-state index >= 15 is 0 Å². The number of piperidine rings is 1. The predicted molar refractivity (Wildman–Crippen MR) is 108 cm³/mol. The molecule has 0 saturated carbocycles. The number of hydrogen-bond acceptors (Lipinski definition) is 4. The second kappa shape index (κ2) is 7.54. The van der Waals surface area contributed by atoms with Gasteiger partial charge in [-0.1, -0.05) is 0 Å². The molecule has 1 unspecified atom stereocenters. The number of hydrogen-bond donors (Lipinski definition) is 0. The van der Waals surface area contributed by atoms with E-state index < -0.39 is 0 Å². The maximum Gasteiger partial charge on any atom is 0.178 e. The predicted octanol–water partition coefficient (Wildman–Crippen LogP) is 3.79. The first kappa shape index (κ1) is 18.9. The van der Waals surface area contributed by atoms with Crippen LogP contribution in [0.15, 0.2) is 30.3 Å². The molecule has 28 heavy (non-hydrogen) atoms. The van der Waals surface area contributed by atoms with Gasteiger partial charge in [-0.25, -0.2) is 0 Å². The average Bonchev–Trinajstić information content (AvgIpc) is 3.12. The fraction of sp³-hybridized carbons (Fsp3) is 0.478. The van der Waals surface area contributed by atoms with Gasteiger partial charge in [-0.15, -0.1) is 0 Å². The molecule has 1 aromatic heterocycles. The Morgan fingerprint density at radius 1 is 1.18 bits per heavy atom. The molecular weight excluding hydrogens is 350 g/mol. The summed E-state index contributed by atoms with van der Waals surface area (Å²) in [6.45, 7) is 4.52. The molecule has 0 spiro atoms. The Hall–Kier alpha value is -2.42. The van der Waals surface area contributed by atoms with E-state index in [-0.39, 0.29) is 5.78 Å². The standard InChI is InChI=1S/C23H27N3O2/c1-15-10-22(16(2)26(15)18-6-4-17(13-24)5-7-18)23(27)14-25-19-8-9-20(25)12-21(11-19)28-3/h4-7,10,19-21H,8-9,11-12,14H2,1-3H3/t19-,20?,21-/m1/s1. The van der Waals surface area contributed by atoms with Crippen LogP contribution in [-0.4, -0.2) is 47.1 Å². The fourth-order valence-electron chi connectivity index (χ4n) is 5.05. The fourth-order valence-corrected chi connectivity index (χ4v) is 5.05. The van der Waals surface area contributed by atoms with Gasteiger partial charge in [0.2, 0.25) is 0 Å². The minimum Gasteiger partial charge on any atom is -0.381 e. The number of carbonyl (C=O) groups excluding carboxylic acids is 1. The Morgan fingerprint density at radius 2 is 1.82 bits per heavy atom. The van der Waals surface area contributed by atoms with Crippen LogP contribution in [0.5, 0.6) is 0 Å². The van der Waals surface area contributed by atoms with Gasteiger partial charge in [-0.3, -0.25) is 9.69 Å². The molecule has 3 atom stereocenters. The van der Waals surface area contributed by atoms with E-state index in [1.807, 2.05) is 44.2 Å². The van der Waals surface area contributed by atoms with Crippen molar-refractivity contribution in [3.63, 3.8) is 0 Å². The van der Waals surface area contributed by atoms with E-state index in [1.165, 1.54) is 12.8 Å². The van der Waals surface area contributed by atoms with E-state index in [1.54, 1.807) is 7.11 Å². The number of aromatic nitrogens is 1. The summed E-state index contributed by atoms with van der Waals surface area (Å²) >= 11 is 0. The first-order valence-electron chi connectivity index (χ1n) is 10.0. The second-order valence-corrected chi connectivity index (χ2v) is 8.09. The number of methoxy groups -OCH3 is 1. The third-order valence-electron chi connectivity index (χ3n) is 6.49. The minimum absolute atomic E-state index is 0.195. The average molecular weight is 377 g/mol. The molecule has 1 aromatic carbocycles. The van der Waals surface area contributed by atoms with Crippen LogP contribution in [0.25, 0.3) is 5.69 Å². The summed E-state index contributed by atoms with van der Waals surface area (Å²) in [5.74, 6) is 0.195. The van der Waals surface area contributed by atoms with Crippen molar-refractivity contribution in [1.82, 2.24) is 9.47 Å². The zero-order valence-corrected chi connectivity index (χ0v) is 16.8. The third kappa shape index (κ3) is 3.28. The van der Waals surface area contributed by atoms with Gasteiger partial charge in [0.1, 0.15) is 0 Å². The Bertz CT molecular complexity index is 909. The smallest absolute Gasteiger partial charge is 0.178 e. The molecule has 0 radical (unpaired) electrons. The van der Waals surface area contributed by atoms with Crippen molar-refractivity contribution in [2.75, 3.05) is 13.7 Å². The number of Topliss-reactive ketones (excluding diaryl/α,β-unsaturated/α-hetero) is 1. The van der Waals surface area contributed by atoms with Gasteiger partial charge < -0.3 is 9.30 Å². The number of ketones is 1. The van der Waals surface area contributed by atoms with Crippen LogP contribution in [0.2, 0.25) is 0 Å². The molecule has 2 bridgehead atoms. The van der Waals surface area contributed by atoms with E-state index in [2.05, 4.69) is 15.5 Å². The lowest BCUT2D eigenvalue weighted by Gasteiger charge is -2.37. The molecule has 2 aromatic rings. The van der Waals surface area contributed by atoms with Gasteiger partial charge in [0, 0.05) is 41.8 Å². The zero-order valence-electron chi connectivity index (χ0n) is 16.8. The molecule has 5 nitrogen and oxygen atoms in total. The summed E-state index contributed by atoms with van der Waals surface area (Å²) in [6, 6.07) is 12.6. The Balaban J connectivity index is 1.55. The maximum atomic E-state index is 13.2. The van der Waals surface area contributed by atoms with E-state index in [0.717, 1.165) is 35.5 Å². The molecule has 2 aliphatic rings. The van der Waals surface area contributed by atoms with Crippen LogP contribution >= 0.6 is 0 Å². The molecule has 0 amide bonds. The number of rotatable bonds is 5. The highest BCUT2D eigenvalue weighted by Gasteiger charge is 2.41. The second-order valence-electron chi connectivity index (χ2n) is 8.09. The summed E-state index contributed by atoms with van der Waals surface area (Å²) in [5, 5.41) is 9.01. The molecule has 2 saturated heterocycles. The lowest BCUT2D eigenvalue weighted by molar-refractivity contribution is 0.00723. The number of nitriles is 1. The van der Waals surface area contributed by atoms with Crippen LogP contribution < -0.4 is 0 Å². The summed E-state index contributed by atoms with van der Waals surface area (Å²) in [6.07, 6.45) is 4.74. The molecule has 3 heterocycles. The lowest BCUT2D eigenvalue weighted by Crippen LogP contribution is -2.47. The number of benzene rings is 1. The Morgan fingerprint density at radius 3 is 2.39 bits per heavy atom. The van der Waals surface area contributed by atoms with Crippen LogP contribution in [0, 0.1) is 25.2 Å². The lowest BCUT2D eigenvalue weighted by atomic mass is 9.98. The number of aryl methyl sites for hydroxylation is 1.